The smallest absolute Gasteiger partial charge is 0.330 e. The number of carboxylic acids is 2. The third kappa shape index (κ3) is 4.84. The van der Waals surface area contributed by atoms with Gasteiger partial charge in [0.15, 0.2) is 0 Å². The van der Waals surface area contributed by atoms with E-state index in [-0.39, 0.29) is 11.1 Å². The Morgan fingerprint density at radius 1 is 1.00 bits per heavy atom. The van der Waals surface area contributed by atoms with E-state index >= 15 is 0 Å². The molecule has 0 saturated carbocycles. The van der Waals surface area contributed by atoms with Crippen LogP contribution in [0, 0.1) is 11.3 Å². The number of hydrogen-bond donors (Lipinski definition) is 4. The number of carbonyl (C=O) groups is 2. The Morgan fingerprint density at radius 2 is 1.32 bits per heavy atom. The van der Waals surface area contributed by atoms with Crippen LogP contribution in [-0.4, -0.2) is 45.6 Å². The highest BCUT2D eigenvalue weighted by atomic mass is 16.4. The molecule has 6 nitrogen and oxygen atoms in total. The van der Waals surface area contributed by atoms with Gasteiger partial charge in [0.05, 0.1) is 13.2 Å². The molecule has 0 fully saturated rings. The number of aliphatic hydroxyl groups is 2. The highest BCUT2D eigenvalue weighted by Crippen LogP contribution is 2.30. The van der Waals surface area contributed by atoms with Gasteiger partial charge >= 0.3 is 11.9 Å². The van der Waals surface area contributed by atoms with Gasteiger partial charge in [-0.05, 0) is 13.8 Å². The summed E-state index contributed by atoms with van der Waals surface area (Å²) in [6, 6.07) is 0. The van der Waals surface area contributed by atoms with Crippen molar-refractivity contribution in [2.24, 2.45) is 11.3 Å². The van der Waals surface area contributed by atoms with Gasteiger partial charge in [-0.3, -0.25) is 0 Å². The van der Waals surface area contributed by atoms with Crippen LogP contribution in [0.5, 0.6) is 0 Å². The molecule has 0 rings (SSSR count). The van der Waals surface area contributed by atoms with Gasteiger partial charge in [0.2, 0.25) is 0 Å². The van der Waals surface area contributed by atoms with Crippen molar-refractivity contribution in [2.75, 3.05) is 13.2 Å². The van der Waals surface area contributed by atoms with Crippen LogP contribution in [0.25, 0.3) is 0 Å². The molecule has 4 N–H and O–H groups in total. The van der Waals surface area contributed by atoms with Gasteiger partial charge in [0.25, 0.3) is 0 Å². The molecule has 0 aliphatic carbocycles. The van der Waals surface area contributed by atoms with Crippen LogP contribution in [0.2, 0.25) is 0 Å². The molecule has 0 aromatic carbocycles. The second-order valence-electron chi connectivity index (χ2n) is 4.81. The van der Waals surface area contributed by atoms with E-state index in [0.29, 0.717) is 0 Å². The number of hydrogen-bond acceptors (Lipinski definition) is 4. The standard InChI is InChI=1S/C13H20O6/c1-8(11(16)17)4-10(5-9(2)12(18)19)13(3,6-14)7-15/h4-5,10,14-15H,6-7H2,1-3H3,(H,16,17)(H,18,19). The third-order valence-electron chi connectivity index (χ3n) is 3.06. The Balaban J connectivity index is 5.64. The summed E-state index contributed by atoms with van der Waals surface area (Å²) in [5, 5.41) is 36.4. The summed E-state index contributed by atoms with van der Waals surface area (Å²) in [6.45, 7) is 3.49. The highest BCUT2D eigenvalue weighted by molar-refractivity contribution is 5.87. The molecule has 0 aromatic rings. The van der Waals surface area contributed by atoms with Crippen molar-refractivity contribution in [3.05, 3.63) is 23.3 Å². The van der Waals surface area contributed by atoms with Crippen LogP contribution in [0.1, 0.15) is 20.8 Å². The van der Waals surface area contributed by atoms with E-state index in [1.165, 1.54) is 26.0 Å². The lowest BCUT2D eigenvalue weighted by atomic mass is 9.76. The molecule has 0 atom stereocenters. The Kier molecular flexibility index (Phi) is 6.44. The van der Waals surface area contributed by atoms with Crippen molar-refractivity contribution in [1.29, 1.82) is 0 Å². The monoisotopic (exact) mass is 272 g/mol. The maximum absolute atomic E-state index is 10.8. The molecule has 0 bridgehead atoms. The van der Waals surface area contributed by atoms with Crippen molar-refractivity contribution in [3.8, 4) is 0 Å². The first-order valence-corrected chi connectivity index (χ1v) is 5.73. The Bertz CT molecular complexity index is 373. The zero-order valence-corrected chi connectivity index (χ0v) is 11.3. The Morgan fingerprint density at radius 3 is 1.53 bits per heavy atom. The lowest BCUT2D eigenvalue weighted by Crippen LogP contribution is -2.34. The largest absolute Gasteiger partial charge is 0.478 e. The minimum absolute atomic E-state index is 0.0209. The van der Waals surface area contributed by atoms with Gasteiger partial charge in [-0.1, -0.05) is 19.1 Å². The molecule has 0 aliphatic heterocycles. The van der Waals surface area contributed by atoms with Crippen LogP contribution in [0.15, 0.2) is 23.3 Å². The molecule has 108 valence electrons. The summed E-state index contributed by atoms with van der Waals surface area (Å²) in [5.41, 5.74) is -0.993. The van der Waals surface area contributed by atoms with Crippen molar-refractivity contribution >= 4 is 11.9 Å². The third-order valence-corrected chi connectivity index (χ3v) is 3.06. The molecule has 0 spiro atoms. The van der Waals surface area contributed by atoms with Gasteiger partial charge < -0.3 is 20.4 Å². The molecule has 0 amide bonds. The number of rotatable bonds is 7. The van der Waals surface area contributed by atoms with Gasteiger partial charge in [-0.2, -0.15) is 0 Å². The second kappa shape index (κ2) is 7.06. The quantitative estimate of drug-likeness (QED) is 0.506. The zero-order valence-electron chi connectivity index (χ0n) is 11.3. The van der Waals surface area contributed by atoms with E-state index in [1.807, 2.05) is 0 Å². The van der Waals surface area contributed by atoms with Crippen LogP contribution in [0.3, 0.4) is 0 Å². The molecule has 6 heteroatoms. The molecule has 0 unspecified atom stereocenters. The molecule has 0 aliphatic rings. The summed E-state index contributed by atoms with van der Waals surface area (Å²) in [4.78, 5) is 21.7. The second-order valence-corrected chi connectivity index (χ2v) is 4.81. The van der Waals surface area contributed by atoms with E-state index in [0.717, 1.165) is 0 Å². The molecule has 0 heterocycles. The van der Waals surface area contributed by atoms with Gasteiger partial charge in [-0.25, -0.2) is 9.59 Å². The van der Waals surface area contributed by atoms with Crippen LogP contribution in [-0.2, 0) is 9.59 Å². The first kappa shape index (κ1) is 17.3. The van der Waals surface area contributed by atoms with Gasteiger partial charge in [-0.15, -0.1) is 0 Å². The molecular weight excluding hydrogens is 252 g/mol. The van der Waals surface area contributed by atoms with E-state index in [4.69, 9.17) is 10.2 Å². The fourth-order valence-corrected chi connectivity index (χ4v) is 1.39. The summed E-state index contributed by atoms with van der Waals surface area (Å²) < 4.78 is 0. The molecular formula is C13H20O6. The minimum Gasteiger partial charge on any atom is -0.478 e. The van der Waals surface area contributed by atoms with E-state index in [1.54, 1.807) is 6.92 Å². The maximum atomic E-state index is 10.8. The molecule has 0 radical (unpaired) electrons. The summed E-state index contributed by atoms with van der Waals surface area (Å²) in [6.07, 6.45) is 2.67. The fraction of sp³-hybridized carbons (Fsp3) is 0.538. The van der Waals surface area contributed by atoms with E-state index in [9.17, 15) is 19.8 Å². The average Bonchev–Trinajstić information content (AvgIpc) is 2.36. The normalized spacial score (nSPS) is 15.2. The first-order chi connectivity index (χ1) is 8.67. The van der Waals surface area contributed by atoms with Crippen LogP contribution >= 0.6 is 0 Å². The lowest BCUT2D eigenvalue weighted by Gasteiger charge is -2.31. The molecule has 0 aromatic heterocycles. The van der Waals surface area contributed by atoms with Crippen molar-refractivity contribution in [3.63, 3.8) is 0 Å². The highest BCUT2D eigenvalue weighted by Gasteiger charge is 2.31. The summed E-state index contributed by atoms with van der Waals surface area (Å²) in [7, 11) is 0. The van der Waals surface area contributed by atoms with E-state index in [2.05, 4.69) is 0 Å². The Hall–Kier alpha value is -1.66. The average molecular weight is 272 g/mol. The van der Waals surface area contributed by atoms with E-state index < -0.39 is 36.5 Å². The van der Waals surface area contributed by atoms with Crippen molar-refractivity contribution in [2.45, 2.75) is 20.8 Å². The lowest BCUT2D eigenvalue weighted by molar-refractivity contribution is -0.133. The van der Waals surface area contributed by atoms with Gasteiger partial charge in [0, 0.05) is 22.5 Å². The summed E-state index contributed by atoms with van der Waals surface area (Å²) in [5.74, 6) is -2.97. The number of carboxylic acid groups (broad SMARTS) is 2. The predicted octanol–water partition coefficient (Wildman–Crippen LogP) is 0.655. The van der Waals surface area contributed by atoms with Crippen molar-refractivity contribution < 1.29 is 30.0 Å². The fourth-order valence-electron chi connectivity index (χ4n) is 1.39. The maximum Gasteiger partial charge on any atom is 0.330 e. The first-order valence-electron chi connectivity index (χ1n) is 5.73. The number of allylic oxidation sites excluding steroid dienone is 2. The van der Waals surface area contributed by atoms with Gasteiger partial charge in [0.1, 0.15) is 0 Å². The molecule has 19 heavy (non-hydrogen) atoms. The zero-order chi connectivity index (χ0) is 15.2. The van der Waals surface area contributed by atoms with Crippen LogP contribution in [0.4, 0.5) is 0 Å². The van der Waals surface area contributed by atoms with Crippen LogP contribution < -0.4 is 0 Å². The SMILES string of the molecule is CC(=CC(C=C(C)C(=O)O)C(C)(CO)CO)C(=O)O. The summed E-state index contributed by atoms with van der Waals surface area (Å²) >= 11 is 0. The predicted molar refractivity (Wildman–Crippen MR) is 68.6 cm³/mol. The number of aliphatic carboxylic acids is 2. The Labute approximate surface area is 111 Å². The topological polar surface area (TPSA) is 115 Å². The number of aliphatic hydroxyl groups excluding tert-OH is 2. The molecule has 0 saturated heterocycles. The minimum atomic E-state index is -1.13. The van der Waals surface area contributed by atoms with Crippen molar-refractivity contribution in [1.82, 2.24) is 0 Å².